The van der Waals surface area contributed by atoms with Gasteiger partial charge in [-0.3, -0.25) is 9.69 Å². The number of hydrogen-bond donors (Lipinski definition) is 1. The van der Waals surface area contributed by atoms with Crippen molar-refractivity contribution in [1.82, 2.24) is 14.5 Å². The lowest BCUT2D eigenvalue weighted by atomic mass is 10.1. The normalized spacial score (nSPS) is 17.7. The van der Waals surface area contributed by atoms with E-state index in [2.05, 4.69) is 19.2 Å². The minimum atomic E-state index is -3.53. The molecule has 0 aromatic heterocycles. The maximum absolute atomic E-state index is 12.8. The van der Waals surface area contributed by atoms with E-state index in [0.717, 1.165) is 0 Å². The van der Waals surface area contributed by atoms with Gasteiger partial charge in [0.1, 0.15) is 5.75 Å². The Morgan fingerprint density at radius 3 is 2.22 bits per heavy atom. The second kappa shape index (κ2) is 9.52. The highest BCUT2D eigenvalue weighted by molar-refractivity contribution is 7.89. The van der Waals surface area contributed by atoms with Crippen LogP contribution in [0.2, 0.25) is 0 Å². The minimum Gasteiger partial charge on any atom is -0.494 e. The summed E-state index contributed by atoms with van der Waals surface area (Å²) < 4.78 is 32.4. The molecule has 0 spiro atoms. The van der Waals surface area contributed by atoms with Crippen molar-refractivity contribution in [2.24, 2.45) is 5.92 Å². The first-order valence-corrected chi connectivity index (χ1v) is 10.9. The molecule has 0 radical (unpaired) electrons. The van der Waals surface area contributed by atoms with Gasteiger partial charge in [0.2, 0.25) is 15.9 Å². The van der Waals surface area contributed by atoms with Crippen LogP contribution >= 0.6 is 0 Å². The van der Waals surface area contributed by atoms with Crippen LogP contribution in [0.3, 0.4) is 0 Å². The number of carbonyl (C=O) groups is 1. The standard InChI is InChI=1S/C19H31N3O4S/c1-5-26-17-6-8-18(9-7-17)27(24,25)22-12-10-21(11-13-22)14-19(23)20-16(4)15(2)3/h6-9,15-16H,5,10-14H2,1-4H3,(H,20,23)/t16-/m0/s1. The number of nitrogens with zero attached hydrogens (tertiary/aromatic N) is 2. The van der Waals surface area contributed by atoms with Crippen LogP contribution in [0.1, 0.15) is 27.7 Å². The molecule has 2 rings (SSSR count). The predicted molar refractivity (Wildman–Crippen MR) is 105 cm³/mol. The molecule has 1 N–H and O–H groups in total. The van der Waals surface area contributed by atoms with Crippen LogP contribution in [0.25, 0.3) is 0 Å². The number of nitrogens with one attached hydrogen (secondary N) is 1. The van der Waals surface area contributed by atoms with E-state index in [-0.39, 0.29) is 16.8 Å². The predicted octanol–water partition coefficient (Wildman–Crippen LogP) is 1.55. The molecule has 0 aliphatic carbocycles. The minimum absolute atomic E-state index is 0.0148. The van der Waals surface area contributed by atoms with E-state index in [1.165, 1.54) is 4.31 Å². The lowest BCUT2D eigenvalue weighted by molar-refractivity contribution is -0.123. The number of sulfonamides is 1. The Morgan fingerprint density at radius 2 is 1.70 bits per heavy atom. The highest BCUT2D eigenvalue weighted by atomic mass is 32.2. The molecule has 1 atom stereocenters. The summed E-state index contributed by atoms with van der Waals surface area (Å²) >= 11 is 0. The molecule has 1 fully saturated rings. The molecule has 1 amide bonds. The van der Waals surface area contributed by atoms with Crippen molar-refractivity contribution < 1.29 is 17.9 Å². The monoisotopic (exact) mass is 397 g/mol. The summed E-state index contributed by atoms with van der Waals surface area (Å²) in [6.45, 7) is 10.7. The number of ether oxygens (including phenoxy) is 1. The molecule has 27 heavy (non-hydrogen) atoms. The van der Waals surface area contributed by atoms with Crippen LogP contribution in [0.5, 0.6) is 5.75 Å². The van der Waals surface area contributed by atoms with Gasteiger partial charge in [-0.1, -0.05) is 13.8 Å². The van der Waals surface area contributed by atoms with E-state index in [1.54, 1.807) is 24.3 Å². The highest BCUT2D eigenvalue weighted by Crippen LogP contribution is 2.20. The molecule has 1 aromatic carbocycles. The summed E-state index contributed by atoms with van der Waals surface area (Å²) in [7, 11) is -3.53. The third-order valence-electron chi connectivity index (χ3n) is 4.86. The Balaban J connectivity index is 1.89. The van der Waals surface area contributed by atoms with Crippen molar-refractivity contribution in [1.29, 1.82) is 0 Å². The molecule has 8 heteroatoms. The lowest BCUT2D eigenvalue weighted by Gasteiger charge is -2.33. The Morgan fingerprint density at radius 1 is 1.11 bits per heavy atom. The molecule has 1 saturated heterocycles. The van der Waals surface area contributed by atoms with Crippen molar-refractivity contribution in [2.45, 2.75) is 38.6 Å². The van der Waals surface area contributed by atoms with Gasteiger partial charge in [0.15, 0.2) is 0 Å². The fraction of sp³-hybridized carbons (Fsp3) is 0.632. The lowest BCUT2D eigenvalue weighted by Crippen LogP contribution is -2.51. The topological polar surface area (TPSA) is 79.0 Å². The largest absolute Gasteiger partial charge is 0.494 e. The molecule has 7 nitrogen and oxygen atoms in total. The van der Waals surface area contributed by atoms with Gasteiger partial charge in [0.05, 0.1) is 18.0 Å². The molecule has 1 heterocycles. The second-order valence-corrected chi connectivity index (χ2v) is 9.12. The summed E-state index contributed by atoms with van der Waals surface area (Å²) in [6.07, 6.45) is 0. The summed E-state index contributed by atoms with van der Waals surface area (Å²) in [5.41, 5.74) is 0. The zero-order valence-electron chi connectivity index (χ0n) is 16.6. The molecular formula is C19H31N3O4S. The number of piperazine rings is 1. The van der Waals surface area contributed by atoms with Crippen LogP contribution in [-0.2, 0) is 14.8 Å². The summed E-state index contributed by atoms with van der Waals surface area (Å²) in [6, 6.07) is 6.62. The SMILES string of the molecule is CCOc1ccc(S(=O)(=O)N2CCN(CC(=O)N[C@@H](C)C(C)C)CC2)cc1. The van der Waals surface area contributed by atoms with Gasteiger partial charge in [-0.15, -0.1) is 0 Å². The quantitative estimate of drug-likeness (QED) is 0.720. The Bertz CT molecular complexity index is 711. The first kappa shape index (κ1) is 21.7. The molecule has 152 valence electrons. The molecular weight excluding hydrogens is 366 g/mol. The van der Waals surface area contributed by atoms with Crippen LogP contribution < -0.4 is 10.1 Å². The number of hydrogen-bond acceptors (Lipinski definition) is 5. The van der Waals surface area contributed by atoms with Crippen LogP contribution in [0.4, 0.5) is 0 Å². The molecule has 0 bridgehead atoms. The van der Waals surface area contributed by atoms with Gasteiger partial charge in [-0.2, -0.15) is 4.31 Å². The van der Waals surface area contributed by atoms with Crippen LogP contribution in [-0.4, -0.2) is 68.9 Å². The molecule has 1 aliphatic rings. The van der Waals surface area contributed by atoms with Crippen molar-refractivity contribution in [3.8, 4) is 5.75 Å². The summed E-state index contributed by atoms with van der Waals surface area (Å²) in [4.78, 5) is 14.4. The van der Waals surface area contributed by atoms with E-state index < -0.39 is 10.0 Å². The Hall–Kier alpha value is -1.64. The van der Waals surface area contributed by atoms with Gasteiger partial charge in [-0.05, 0) is 44.0 Å². The van der Waals surface area contributed by atoms with Gasteiger partial charge in [0.25, 0.3) is 0 Å². The summed E-state index contributed by atoms with van der Waals surface area (Å²) in [5, 5.41) is 2.99. The van der Waals surface area contributed by atoms with Crippen molar-refractivity contribution in [2.75, 3.05) is 39.3 Å². The fourth-order valence-electron chi connectivity index (χ4n) is 2.82. The van der Waals surface area contributed by atoms with Crippen molar-refractivity contribution in [3.05, 3.63) is 24.3 Å². The van der Waals surface area contributed by atoms with Gasteiger partial charge in [-0.25, -0.2) is 8.42 Å². The zero-order chi connectivity index (χ0) is 20.0. The number of benzene rings is 1. The van der Waals surface area contributed by atoms with Crippen molar-refractivity contribution in [3.63, 3.8) is 0 Å². The number of amides is 1. The number of rotatable bonds is 8. The third kappa shape index (κ3) is 5.92. The zero-order valence-corrected chi connectivity index (χ0v) is 17.5. The van der Waals surface area contributed by atoms with Gasteiger partial charge >= 0.3 is 0 Å². The van der Waals surface area contributed by atoms with Gasteiger partial charge < -0.3 is 10.1 Å². The van der Waals surface area contributed by atoms with Crippen LogP contribution in [0.15, 0.2) is 29.2 Å². The average molecular weight is 398 g/mol. The second-order valence-electron chi connectivity index (χ2n) is 7.18. The van der Waals surface area contributed by atoms with Gasteiger partial charge in [0, 0.05) is 32.2 Å². The van der Waals surface area contributed by atoms with Crippen molar-refractivity contribution >= 4 is 15.9 Å². The van der Waals surface area contributed by atoms with Crippen LogP contribution in [0, 0.1) is 5.92 Å². The smallest absolute Gasteiger partial charge is 0.243 e. The molecule has 1 aliphatic heterocycles. The molecule has 0 unspecified atom stereocenters. The van der Waals surface area contributed by atoms with E-state index in [1.807, 2.05) is 18.7 Å². The third-order valence-corrected chi connectivity index (χ3v) is 6.77. The first-order valence-electron chi connectivity index (χ1n) is 9.48. The fourth-order valence-corrected chi connectivity index (χ4v) is 4.24. The first-order chi connectivity index (χ1) is 12.7. The summed E-state index contributed by atoms with van der Waals surface area (Å²) in [5.74, 6) is 1.02. The Kier molecular flexibility index (Phi) is 7.64. The van der Waals surface area contributed by atoms with E-state index in [0.29, 0.717) is 51.0 Å². The molecule has 1 aromatic rings. The maximum Gasteiger partial charge on any atom is 0.243 e. The molecule has 0 saturated carbocycles. The number of carbonyl (C=O) groups excluding carboxylic acids is 1. The highest BCUT2D eigenvalue weighted by Gasteiger charge is 2.29. The van der Waals surface area contributed by atoms with E-state index in [9.17, 15) is 13.2 Å². The van der Waals surface area contributed by atoms with E-state index >= 15 is 0 Å². The maximum atomic E-state index is 12.8. The van der Waals surface area contributed by atoms with E-state index in [4.69, 9.17) is 4.74 Å². The Labute approximate surface area is 162 Å². The average Bonchev–Trinajstić information content (AvgIpc) is 2.62.